The molecular weight excluding hydrogens is 404 g/mol. The van der Waals surface area contributed by atoms with Gasteiger partial charge in [0.1, 0.15) is 5.60 Å². The largest absolute Gasteiger partial charge is 0.456 e. The van der Waals surface area contributed by atoms with Gasteiger partial charge in [-0.2, -0.15) is 9.78 Å². The Balaban J connectivity index is 1.72. The second-order valence-electron chi connectivity index (χ2n) is 11.6. The molecule has 1 fully saturated rings. The summed E-state index contributed by atoms with van der Waals surface area (Å²) in [4.78, 5) is 23.0. The molecule has 1 aliphatic rings. The molecule has 0 aromatic heterocycles. The van der Waals surface area contributed by atoms with Gasteiger partial charge in [-0.05, 0) is 44.6 Å². The van der Waals surface area contributed by atoms with E-state index in [1.807, 2.05) is 13.8 Å². The second kappa shape index (κ2) is 10.6. The van der Waals surface area contributed by atoms with Gasteiger partial charge in [0.2, 0.25) is 0 Å². The summed E-state index contributed by atoms with van der Waals surface area (Å²) in [6.07, 6.45) is 8.36. The number of esters is 1. The molecule has 0 unspecified atom stereocenters. The van der Waals surface area contributed by atoms with E-state index in [2.05, 4.69) is 64.2 Å². The van der Waals surface area contributed by atoms with Crippen LogP contribution in [0, 0.1) is 5.41 Å². The molecular formula is C26H44O4Si. The Morgan fingerprint density at radius 1 is 0.903 bits per heavy atom. The Labute approximate surface area is 191 Å². The smallest absolute Gasteiger partial charge is 0.373 e. The topological polar surface area (TPSA) is 51.4 Å². The van der Waals surface area contributed by atoms with Gasteiger partial charge in [-0.1, -0.05) is 95.1 Å². The Bertz CT molecular complexity index is 687. The normalized spacial score (nSPS) is 16.2. The second-order valence-corrected chi connectivity index (χ2v) is 16.5. The van der Waals surface area contributed by atoms with Gasteiger partial charge in [-0.25, -0.2) is 4.79 Å². The molecule has 1 aliphatic heterocycles. The lowest BCUT2D eigenvalue weighted by Gasteiger charge is -2.30. The van der Waals surface area contributed by atoms with Crippen molar-refractivity contribution in [1.82, 2.24) is 0 Å². The number of hydrogen-bond donors (Lipinski definition) is 0. The average Bonchev–Trinajstić information content (AvgIpc) is 3.47. The number of carbonyl (C=O) groups is 1. The molecule has 4 nitrogen and oxygen atoms in total. The predicted octanol–water partition coefficient (Wildman–Crippen LogP) is 6.75. The zero-order valence-electron chi connectivity index (χ0n) is 20.9. The fourth-order valence-electron chi connectivity index (χ4n) is 3.87. The van der Waals surface area contributed by atoms with Gasteiger partial charge in [0.05, 0.1) is 8.07 Å². The number of carbonyl (C=O) groups excluding carboxylic acids is 1. The van der Waals surface area contributed by atoms with Gasteiger partial charge in [-0.3, -0.25) is 0 Å². The summed E-state index contributed by atoms with van der Waals surface area (Å²) < 4.78 is 5.86. The molecule has 1 saturated heterocycles. The van der Waals surface area contributed by atoms with Gasteiger partial charge >= 0.3 is 11.8 Å². The summed E-state index contributed by atoms with van der Waals surface area (Å²) in [5.41, 5.74) is -0.124. The lowest BCUT2D eigenvalue weighted by atomic mass is 9.89. The molecule has 2 rings (SSSR count). The van der Waals surface area contributed by atoms with Crippen LogP contribution in [-0.2, 0) is 19.3 Å². The van der Waals surface area contributed by atoms with Crippen molar-refractivity contribution >= 4 is 19.2 Å². The average molecular weight is 449 g/mol. The Morgan fingerprint density at radius 2 is 1.48 bits per heavy atom. The third-order valence-electron chi connectivity index (χ3n) is 6.30. The van der Waals surface area contributed by atoms with Crippen molar-refractivity contribution in [2.45, 2.75) is 117 Å². The molecule has 0 spiro atoms. The number of ether oxygens (including phenoxy) is 1. The molecule has 31 heavy (non-hydrogen) atoms. The van der Waals surface area contributed by atoms with Crippen LogP contribution in [0.4, 0.5) is 0 Å². The van der Waals surface area contributed by atoms with Crippen LogP contribution in [0.25, 0.3) is 0 Å². The zero-order valence-corrected chi connectivity index (χ0v) is 21.9. The van der Waals surface area contributed by atoms with E-state index in [1.165, 1.54) is 30.9 Å². The van der Waals surface area contributed by atoms with E-state index in [4.69, 9.17) is 14.5 Å². The van der Waals surface area contributed by atoms with Crippen molar-refractivity contribution in [2.24, 2.45) is 5.41 Å². The highest BCUT2D eigenvalue weighted by Crippen LogP contribution is 2.38. The zero-order chi connectivity index (χ0) is 23.2. The molecule has 5 heteroatoms. The fourth-order valence-corrected chi connectivity index (χ4v) is 6.48. The first-order chi connectivity index (χ1) is 14.4. The third-order valence-corrected chi connectivity index (χ3v) is 9.70. The van der Waals surface area contributed by atoms with Crippen molar-refractivity contribution in [3.63, 3.8) is 0 Å². The lowest BCUT2D eigenvalue weighted by molar-refractivity contribution is -0.164. The van der Waals surface area contributed by atoms with Crippen LogP contribution < -0.4 is 5.19 Å². The summed E-state index contributed by atoms with van der Waals surface area (Å²) in [6, 6.07) is 11.8. The maximum atomic E-state index is 12.8. The van der Waals surface area contributed by atoms with E-state index in [0.29, 0.717) is 11.8 Å². The van der Waals surface area contributed by atoms with E-state index in [1.54, 1.807) is 0 Å². The van der Waals surface area contributed by atoms with Gasteiger partial charge < -0.3 is 4.74 Å². The van der Waals surface area contributed by atoms with Crippen molar-refractivity contribution in [2.75, 3.05) is 0 Å². The van der Waals surface area contributed by atoms with Gasteiger partial charge in [0, 0.05) is 6.42 Å². The first kappa shape index (κ1) is 26.1. The van der Waals surface area contributed by atoms with Crippen LogP contribution in [0.3, 0.4) is 0 Å². The van der Waals surface area contributed by atoms with E-state index < -0.39 is 19.5 Å². The summed E-state index contributed by atoms with van der Waals surface area (Å²) in [5.74, 6) is -1.53. The van der Waals surface area contributed by atoms with Gasteiger partial charge in [0.25, 0.3) is 0 Å². The molecule has 0 N–H and O–H groups in total. The highest BCUT2D eigenvalue weighted by molar-refractivity contribution is 6.89. The molecule has 0 saturated carbocycles. The van der Waals surface area contributed by atoms with Crippen molar-refractivity contribution < 1.29 is 19.3 Å². The summed E-state index contributed by atoms with van der Waals surface area (Å²) in [5, 5.41) is 1.44. The Morgan fingerprint density at radius 3 is 2.06 bits per heavy atom. The van der Waals surface area contributed by atoms with Crippen LogP contribution in [0.5, 0.6) is 0 Å². The molecule has 0 bridgehead atoms. The van der Waals surface area contributed by atoms with Crippen LogP contribution in [0.15, 0.2) is 30.3 Å². The molecule has 1 aromatic carbocycles. The minimum Gasteiger partial charge on any atom is -0.456 e. The summed E-state index contributed by atoms with van der Waals surface area (Å²) in [7, 11) is -1.57. The van der Waals surface area contributed by atoms with E-state index >= 15 is 0 Å². The first-order valence-corrected chi connectivity index (χ1v) is 15.2. The van der Waals surface area contributed by atoms with Crippen molar-refractivity contribution in [1.29, 1.82) is 0 Å². The number of rotatable bonds is 13. The number of benzene rings is 1. The summed E-state index contributed by atoms with van der Waals surface area (Å²) in [6.45, 7) is 15.6. The molecule has 1 heterocycles. The monoisotopic (exact) mass is 448 g/mol. The fraction of sp³-hybridized carbons (Fsp3) is 0.731. The Kier molecular flexibility index (Phi) is 8.94. The highest BCUT2D eigenvalue weighted by Gasteiger charge is 2.58. The standard InChI is InChI=1S/C26H44O4Si/c1-24(2,3)18-14-9-8-10-15-19-26(29-30-26)23(27)28-25(4,5)20-21-31(6,7)22-16-12-11-13-17-22/h11-13,16-17H,8-10,14-15,18-21H2,1-7H3. The van der Waals surface area contributed by atoms with E-state index in [9.17, 15) is 4.79 Å². The van der Waals surface area contributed by atoms with Crippen molar-refractivity contribution in [3.8, 4) is 0 Å². The lowest BCUT2D eigenvalue weighted by Crippen LogP contribution is -2.44. The summed E-state index contributed by atoms with van der Waals surface area (Å²) >= 11 is 0. The quantitative estimate of drug-likeness (QED) is 0.110. The molecule has 0 radical (unpaired) electrons. The predicted molar refractivity (Wildman–Crippen MR) is 130 cm³/mol. The highest BCUT2D eigenvalue weighted by atomic mass is 28.3. The molecule has 176 valence electrons. The third kappa shape index (κ3) is 9.07. The van der Waals surface area contributed by atoms with Gasteiger partial charge in [0.15, 0.2) is 0 Å². The van der Waals surface area contributed by atoms with Crippen LogP contribution >= 0.6 is 0 Å². The molecule has 0 aliphatic carbocycles. The molecule has 0 amide bonds. The minimum absolute atomic E-state index is 0.371. The van der Waals surface area contributed by atoms with Crippen LogP contribution in [-0.4, -0.2) is 25.4 Å². The number of unbranched alkanes of at least 4 members (excludes halogenated alkanes) is 4. The maximum Gasteiger partial charge on any atom is 0.373 e. The van der Waals surface area contributed by atoms with Crippen LogP contribution in [0.2, 0.25) is 19.1 Å². The van der Waals surface area contributed by atoms with Crippen molar-refractivity contribution in [3.05, 3.63) is 30.3 Å². The van der Waals surface area contributed by atoms with Crippen LogP contribution in [0.1, 0.15) is 86.0 Å². The van der Waals surface area contributed by atoms with Gasteiger partial charge in [-0.15, -0.1) is 0 Å². The van der Waals surface area contributed by atoms with E-state index in [0.717, 1.165) is 25.3 Å². The first-order valence-electron chi connectivity index (χ1n) is 12.0. The minimum atomic E-state index is -1.57. The van der Waals surface area contributed by atoms with E-state index in [-0.39, 0.29) is 5.97 Å². The molecule has 1 aromatic rings. The Hall–Kier alpha value is -1.17. The maximum absolute atomic E-state index is 12.8. The molecule has 0 atom stereocenters. The SMILES string of the molecule is CC(C)(C)CCCCCCCC1(C(=O)OC(C)(C)CC[Si](C)(C)c2ccccc2)OO1. The number of hydrogen-bond acceptors (Lipinski definition) is 4.